The number of benzene rings is 2. The van der Waals surface area contributed by atoms with Crippen molar-refractivity contribution in [2.45, 2.75) is 73.1 Å². The average molecular weight is 401 g/mol. The third-order valence-electron chi connectivity index (χ3n) is 5.64. The highest BCUT2D eigenvalue weighted by molar-refractivity contribution is 5.66. The van der Waals surface area contributed by atoms with Gasteiger partial charge in [0.05, 0.1) is 0 Å². The van der Waals surface area contributed by atoms with E-state index in [0.717, 1.165) is 41.4 Å². The Labute approximate surface area is 182 Å². The normalized spacial score (nSPS) is 12.2. The zero-order chi connectivity index (χ0) is 21.7. The number of unbranched alkanes of at least 4 members (excludes halogenated alkanes) is 3. The molecule has 0 spiro atoms. The Morgan fingerprint density at radius 3 is 1.77 bits per heavy atom. The van der Waals surface area contributed by atoms with Crippen molar-refractivity contribution in [3.8, 4) is 22.8 Å². The summed E-state index contributed by atoms with van der Waals surface area (Å²) in [7, 11) is 0. The van der Waals surface area contributed by atoms with Crippen LogP contribution in [-0.4, -0.2) is 15.0 Å². The lowest BCUT2D eigenvalue weighted by molar-refractivity contribution is 0.619. The second kappa shape index (κ2) is 9.97. The highest BCUT2D eigenvalue weighted by atomic mass is 15.0. The van der Waals surface area contributed by atoms with Crippen molar-refractivity contribution in [1.29, 1.82) is 0 Å². The van der Waals surface area contributed by atoms with Gasteiger partial charge in [-0.1, -0.05) is 74.2 Å². The van der Waals surface area contributed by atoms with Crippen LogP contribution in [0.15, 0.2) is 36.4 Å². The molecule has 0 saturated heterocycles. The molecule has 0 amide bonds. The van der Waals surface area contributed by atoms with Gasteiger partial charge in [0.2, 0.25) is 0 Å². The maximum atomic E-state index is 4.93. The molecule has 3 nitrogen and oxygen atoms in total. The number of hydrogen-bond donors (Lipinski definition) is 0. The lowest BCUT2D eigenvalue weighted by atomic mass is 10.0. The van der Waals surface area contributed by atoms with Gasteiger partial charge in [-0.05, 0) is 58.1 Å². The number of rotatable bonds is 8. The van der Waals surface area contributed by atoms with E-state index in [1.807, 2.05) is 0 Å². The van der Waals surface area contributed by atoms with Crippen molar-refractivity contribution < 1.29 is 0 Å². The fraction of sp³-hybridized carbons (Fsp3) is 0.407. The number of nitrogens with zero attached hydrogens (tertiary/aromatic N) is 3. The van der Waals surface area contributed by atoms with Gasteiger partial charge in [0.15, 0.2) is 11.6 Å². The highest BCUT2D eigenvalue weighted by Crippen LogP contribution is 2.28. The average Bonchev–Trinajstić information content (AvgIpc) is 2.70. The van der Waals surface area contributed by atoms with E-state index in [2.05, 4.69) is 84.4 Å². The Bertz CT molecular complexity index is 937. The third kappa shape index (κ3) is 5.33. The minimum absolute atomic E-state index is 0.287. The molecule has 0 bridgehead atoms. The molecule has 3 heteroatoms. The number of aryl methyl sites for hydroxylation is 4. The molecule has 0 saturated carbocycles. The summed E-state index contributed by atoms with van der Waals surface area (Å²) in [6, 6.07) is 12.9. The quantitative estimate of drug-likeness (QED) is 0.372. The first-order valence-electron chi connectivity index (χ1n) is 11.1. The van der Waals surface area contributed by atoms with Crippen LogP contribution in [0.3, 0.4) is 0 Å². The van der Waals surface area contributed by atoms with Crippen LogP contribution in [0, 0.1) is 34.1 Å². The molecule has 0 aliphatic carbocycles. The first-order chi connectivity index (χ1) is 14.4. The molecule has 3 aromatic rings. The highest BCUT2D eigenvalue weighted by Gasteiger charge is 2.17. The molecule has 1 radical (unpaired) electrons. The lowest BCUT2D eigenvalue weighted by Crippen LogP contribution is -2.07. The molecule has 3 rings (SSSR count). The second-order valence-corrected chi connectivity index (χ2v) is 8.53. The minimum atomic E-state index is 0.287. The second-order valence-electron chi connectivity index (χ2n) is 8.53. The van der Waals surface area contributed by atoms with Gasteiger partial charge < -0.3 is 0 Å². The first-order valence-corrected chi connectivity index (χ1v) is 11.1. The standard InChI is InChI=1S/C27H34N3/c1-7-8-9-10-11-20(4)25-28-26(23-14-12-18(2)16-21(23)5)30-27(29-25)24-15-13-19(3)17-22(24)6/h9,12-17,20H,7-8,10-11H2,1-6H3. The maximum Gasteiger partial charge on any atom is 0.163 e. The summed E-state index contributed by atoms with van der Waals surface area (Å²) in [5.74, 6) is 2.73. The summed E-state index contributed by atoms with van der Waals surface area (Å²) in [5.41, 5.74) is 7.06. The largest absolute Gasteiger partial charge is 0.213 e. The van der Waals surface area contributed by atoms with Gasteiger partial charge in [0.1, 0.15) is 5.82 Å². The summed E-state index contributed by atoms with van der Waals surface area (Å²) >= 11 is 0. The van der Waals surface area contributed by atoms with Crippen molar-refractivity contribution in [2.24, 2.45) is 0 Å². The summed E-state index contributed by atoms with van der Waals surface area (Å²) in [6.07, 6.45) is 6.91. The van der Waals surface area contributed by atoms with Crippen molar-refractivity contribution in [1.82, 2.24) is 15.0 Å². The van der Waals surface area contributed by atoms with Gasteiger partial charge in [-0.3, -0.25) is 0 Å². The van der Waals surface area contributed by atoms with E-state index in [1.165, 1.54) is 35.1 Å². The van der Waals surface area contributed by atoms with Crippen molar-refractivity contribution in [2.75, 3.05) is 0 Å². The van der Waals surface area contributed by atoms with Crippen LogP contribution >= 0.6 is 0 Å². The van der Waals surface area contributed by atoms with Crippen LogP contribution in [-0.2, 0) is 0 Å². The zero-order valence-corrected chi connectivity index (χ0v) is 19.3. The molecule has 0 N–H and O–H groups in total. The molecular weight excluding hydrogens is 366 g/mol. The van der Waals surface area contributed by atoms with Crippen molar-refractivity contribution in [3.63, 3.8) is 0 Å². The maximum absolute atomic E-state index is 4.93. The van der Waals surface area contributed by atoms with Crippen LogP contribution in [0.2, 0.25) is 0 Å². The third-order valence-corrected chi connectivity index (χ3v) is 5.64. The molecular formula is C27H34N3. The van der Waals surface area contributed by atoms with E-state index < -0.39 is 0 Å². The Balaban J connectivity index is 2.05. The summed E-state index contributed by atoms with van der Waals surface area (Å²) in [4.78, 5) is 14.8. The molecule has 1 aromatic heterocycles. The lowest BCUT2D eigenvalue weighted by Gasteiger charge is -2.15. The van der Waals surface area contributed by atoms with Crippen molar-refractivity contribution >= 4 is 0 Å². The number of hydrogen-bond acceptors (Lipinski definition) is 3. The molecule has 2 aromatic carbocycles. The Morgan fingerprint density at radius 1 is 0.767 bits per heavy atom. The van der Waals surface area contributed by atoms with Crippen LogP contribution in [0.5, 0.6) is 0 Å². The van der Waals surface area contributed by atoms with E-state index in [9.17, 15) is 0 Å². The van der Waals surface area contributed by atoms with E-state index in [4.69, 9.17) is 15.0 Å². The Hall–Kier alpha value is -2.55. The molecule has 0 aliphatic heterocycles. The van der Waals surface area contributed by atoms with E-state index in [-0.39, 0.29) is 5.92 Å². The Kier molecular flexibility index (Phi) is 7.36. The number of aromatic nitrogens is 3. The van der Waals surface area contributed by atoms with Gasteiger partial charge in [-0.15, -0.1) is 0 Å². The topological polar surface area (TPSA) is 38.7 Å². The predicted octanol–water partition coefficient (Wildman–Crippen LogP) is 7.33. The SMILES string of the molecule is CCC[CH]CCC(C)c1nc(-c2ccc(C)cc2C)nc(-c2ccc(C)cc2C)n1. The van der Waals surface area contributed by atoms with Crippen LogP contribution in [0.4, 0.5) is 0 Å². The summed E-state index contributed by atoms with van der Waals surface area (Å²) in [6.45, 7) is 12.9. The van der Waals surface area contributed by atoms with Gasteiger partial charge in [0.25, 0.3) is 0 Å². The molecule has 0 aliphatic rings. The molecule has 30 heavy (non-hydrogen) atoms. The van der Waals surface area contributed by atoms with E-state index in [0.29, 0.717) is 0 Å². The molecule has 157 valence electrons. The van der Waals surface area contributed by atoms with E-state index in [1.54, 1.807) is 0 Å². The van der Waals surface area contributed by atoms with Gasteiger partial charge in [-0.2, -0.15) is 0 Å². The van der Waals surface area contributed by atoms with Crippen LogP contribution < -0.4 is 0 Å². The molecule has 1 unspecified atom stereocenters. The fourth-order valence-electron chi connectivity index (χ4n) is 3.83. The van der Waals surface area contributed by atoms with Gasteiger partial charge in [0, 0.05) is 17.0 Å². The summed E-state index contributed by atoms with van der Waals surface area (Å²) in [5, 5.41) is 0. The molecule has 1 heterocycles. The summed E-state index contributed by atoms with van der Waals surface area (Å²) < 4.78 is 0. The zero-order valence-electron chi connectivity index (χ0n) is 19.3. The molecule has 1 atom stereocenters. The monoisotopic (exact) mass is 400 g/mol. The minimum Gasteiger partial charge on any atom is -0.213 e. The fourth-order valence-corrected chi connectivity index (χ4v) is 3.83. The van der Waals surface area contributed by atoms with Crippen LogP contribution in [0.1, 0.15) is 73.5 Å². The predicted molar refractivity (Wildman–Crippen MR) is 127 cm³/mol. The molecule has 0 fully saturated rings. The van der Waals surface area contributed by atoms with Gasteiger partial charge in [-0.25, -0.2) is 15.0 Å². The smallest absolute Gasteiger partial charge is 0.163 e. The van der Waals surface area contributed by atoms with E-state index >= 15 is 0 Å². The van der Waals surface area contributed by atoms with Crippen molar-refractivity contribution in [3.05, 3.63) is 70.9 Å². The Morgan fingerprint density at radius 2 is 1.30 bits per heavy atom. The van der Waals surface area contributed by atoms with Gasteiger partial charge >= 0.3 is 0 Å². The first kappa shape index (κ1) is 22.1. The van der Waals surface area contributed by atoms with Crippen LogP contribution in [0.25, 0.3) is 22.8 Å².